The van der Waals surface area contributed by atoms with Gasteiger partial charge >= 0.3 is 5.69 Å². The molecule has 0 radical (unpaired) electrons. The number of fused-ring (bicyclic) bond motifs is 1. The molecule has 0 bridgehead atoms. The van der Waals surface area contributed by atoms with Crippen LogP contribution in [0.5, 0.6) is 5.75 Å². The molecular weight excluding hydrogens is 408 g/mol. The summed E-state index contributed by atoms with van der Waals surface area (Å²) in [6, 6.07) is 8.09. The highest BCUT2D eigenvalue weighted by molar-refractivity contribution is 5.71. The van der Waals surface area contributed by atoms with Gasteiger partial charge in [0.1, 0.15) is 11.6 Å². The van der Waals surface area contributed by atoms with Crippen LogP contribution in [0.4, 0.5) is 5.69 Å². The Labute approximate surface area is 187 Å². The number of unbranched alkanes of at least 4 members (excludes halogenated alkanes) is 1. The molecule has 1 fully saturated rings. The number of aryl methyl sites for hydroxylation is 2. The molecular formula is C23H32N6O3. The molecule has 0 saturated carbocycles. The first-order valence-corrected chi connectivity index (χ1v) is 11.4. The maximum absolute atomic E-state index is 12.6. The Hall–Kier alpha value is -3.07. The number of nitrogens with one attached hydrogen (secondary N) is 1. The lowest BCUT2D eigenvalue weighted by Crippen LogP contribution is -2.46. The van der Waals surface area contributed by atoms with Gasteiger partial charge in [-0.1, -0.05) is 25.5 Å². The number of ether oxygens (including phenoxy) is 1. The SMILES string of the molecule is CCCCn1c(=O)[nH]c(=O)c2c1nc(CN1CCN(c3ccccc3OC)CC1)n2CC. The van der Waals surface area contributed by atoms with E-state index in [1.54, 1.807) is 11.7 Å². The zero-order valence-electron chi connectivity index (χ0n) is 19.1. The van der Waals surface area contributed by atoms with Gasteiger partial charge in [0.25, 0.3) is 5.56 Å². The van der Waals surface area contributed by atoms with Crippen LogP contribution in [0, 0.1) is 0 Å². The van der Waals surface area contributed by atoms with E-state index in [-0.39, 0.29) is 11.2 Å². The van der Waals surface area contributed by atoms with Crippen molar-refractivity contribution in [2.45, 2.75) is 46.3 Å². The van der Waals surface area contributed by atoms with E-state index in [1.165, 1.54) is 0 Å². The number of H-pyrrole nitrogens is 1. The van der Waals surface area contributed by atoms with Crippen molar-refractivity contribution in [3.8, 4) is 5.75 Å². The molecule has 0 unspecified atom stereocenters. The number of benzene rings is 1. The molecule has 3 heterocycles. The molecule has 1 saturated heterocycles. The molecule has 0 amide bonds. The standard InChI is InChI=1S/C23H32N6O3/c1-4-6-11-29-21-20(22(30)25-23(29)31)28(5-2)19(24-21)16-26-12-14-27(15-13-26)17-9-7-8-10-18(17)32-3/h7-10H,4-6,11-16H2,1-3H3,(H,25,30,31). The van der Waals surface area contributed by atoms with Crippen LogP contribution in [0.25, 0.3) is 11.2 Å². The molecule has 1 aliphatic rings. The summed E-state index contributed by atoms with van der Waals surface area (Å²) >= 11 is 0. The van der Waals surface area contributed by atoms with E-state index in [0.717, 1.165) is 56.3 Å². The van der Waals surface area contributed by atoms with E-state index < -0.39 is 0 Å². The number of aromatic amines is 1. The number of hydrogen-bond acceptors (Lipinski definition) is 6. The number of nitrogens with zero attached hydrogens (tertiary/aromatic N) is 5. The topological polar surface area (TPSA) is 88.4 Å². The van der Waals surface area contributed by atoms with Crippen molar-refractivity contribution >= 4 is 16.9 Å². The second-order valence-corrected chi connectivity index (χ2v) is 8.14. The van der Waals surface area contributed by atoms with Gasteiger partial charge in [-0.05, 0) is 25.5 Å². The molecule has 32 heavy (non-hydrogen) atoms. The van der Waals surface area contributed by atoms with Crippen LogP contribution in [-0.2, 0) is 19.6 Å². The van der Waals surface area contributed by atoms with Crippen molar-refractivity contribution in [1.82, 2.24) is 24.0 Å². The largest absolute Gasteiger partial charge is 0.495 e. The van der Waals surface area contributed by atoms with Crippen molar-refractivity contribution in [1.29, 1.82) is 0 Å². The lowest BCUT2D eigenvalue weighted by Gasteiger charge is -2.36. The van der Waals surface area contributed by atoms with Gasteiger partial charge in [0, 0.05) is 39.3 Å². The summed E-state index contributed by atoms with van der Waals surface area (Å²) in [5, 5.41) is 0. The third kappa shape index (κ3) is 4.17. The van der Waals surface area contributed by atoms with E-state index in [2.05, 4.69) is 27.8 Å². The fraction of sp³-hybridized carbons (Fsp3) is 0.522. The Morgan fingerprint density at radius 1 is 1.06 bits per heavy atom. The third-order valence-electron chi connectivity index (χ3n) is 6.18. The molecule has 4 rings (SSSR count). The van der Waals surface area contributed by atoms with E-state index in [4.69, 9.17) is 9.72 Å². The smallest absolute Gasteiger partial charge is 0.330 e. The van der Waals surface area contributed by atoms with Crippen LogP contribution in [-0.4, -0.2) is 57.3 Å². The van der Waals surface area contributed by atoms with Crippen molar-refractivity contribution in [3.63, 3.8) is 0 Å². The highest BCUT2D eigenvalue weighted by atomic mass is 16.5. The molecule has 1 N–H and O–H groups in total. The summed E-state index contributed by atoms with van der Waals surface area (Å²) in [6.07, 6.45) is 1.82. The van der Waals surface area contributed by atoms with E-state index in [9.17, 15) is 9.59 Å². The van der Waals surface area contributed by atoms with E-state index in [0.29, 0.717) is 30.8 Å². The molecule has 0 atom stereocenters. The molecule has 9 heteroatoms. The zero-order valence-corrected chi connectivity index (χ0v) is 19.1. The molecule has 9 nitrogen and oxygen atoms in total. The first-order valence-electron chi connectivity index (χ1n) is 11.4. The first kappa shape index (κ1) is 22.1. The Bertz CT molecular complexity index is 1190. The van der Waals surface area contributed by atoms with Gasteiger partial charge in [-0.25, -0.2) is 9.78 Å². The monoisotopic (exact) mass is 440 g/mol. The maximum Gasteiger partial charge on any atom is 0.330 e. The molecule has 3 aromatic rings. The van der Waals surface area contributed by atoms with Crippen molar-refractivity contribution < 1.29 is 4.74 Å². The molecule has 0 spiro atoms. The number of rotatable bonds is 8. The van der Waals surface area contributed by atoms with Crippen LogP contribution >= 0.6 is 0 Å². The van der Waals surface area contributed by atoms with Gasteiger partial charge in [0.15, 0.2) is 11.2 Å². The lowest BCUT2D eigenvalue weighted by atomic mass is 10.2. The first-order chi connectivity index (χ1) is 15.6. The van der Waals surface area contributed by atoms with Gasteiger partial charge in [-0.2, -0.15) is 0 Å². The summed E-state index contributed by atoms with van der Waals surface area (Å²) in [4.78, 5) is 37.0. The Morgan fingerprint density at radius 2 is 1.81 bits per heavy atom. The molecule has 1 aromatic carbocycles. The Balaban J connectivity index is 1.57. The molecule has 2 aromatic heterocycles. The van der Waals surface area contributed by atoms with Crippen LogP contribution < -0.4 is 20.9 Å². The van der Waals surface area contributed by atoms with Gasteiger partial charge < -0.3 is 14.2 Å². The predicted molar refractivity (Wildman–Crippen MR) is 126 cm³/mol. The van der Waals surface area contributed by atoms with Crippen LogP contribution in [0.15, 0.2) is 33.9 Å². The molecule has 1 aliphatic heterocycles. The highest BCUT2D eigenvalue weighted by Gasteiger charge is 2.23. The second-order valence-electron chi connectivity index (χ2n) is 8.14. The normalized spacial score (nSPS) is 14.9. The molecule has 0 aliphatic carbocycles. The van der Waals surface area contributed by atoms with Gasteiger partial charge in [0.2, 0.25) is 0 Å². The third-order valence-corrected chi connectivity index (χ3v) is 6.18. The maximum atomic E-state index is 12.6. The van der Waals surface area contributed by atoms with E-state index in [1.807, 2.05) is 29.7 Å². The van der Waals surface area contributed by atoms with E-state index >= 15 is 0 Å². The summed E-state index contributed by atoms with van der Waals surface area (Å²) in [5.74, 6) is 1.72. The van der Waals surface area contributed by atoms with Gasteiger partial charge in [-0.3, -0.25) is 19.2 Å². The number of methoxy groups -OCH3 is 1. The Kier molecular flexibility index (Phi) is 6.64. The predicted octanol–water partition coefficient (Wildman–Crippen LogP) is 2.04. The molecule has 172 valence electrons. The summed E-state index contributed by atoms with van der Waals surface area (Å²) in [7, 11) is 1.70. The van der Waals surface area contributed by atoms with Crippen LogP contribution in [0.2, 0.25) is 0 Å². The van der Waals surface area contributed by atoms with Gasteiger partial charge in [-0.15, -0.1) is 0 Å². The number of piperazine rings is 1. The lowest BCUT2D eigenvalue weighted by molar-refractivity contribution is 0.240. The van der Waals surface area contributed by atoms with Crippen molar-refractivity contribution in [2.75, 3.05) is 38.2 Å². The highest BCUT2D eigenvalue weighted by Crippen LogP contribution is 2.28. The number of hydrogen-bond donors (Lipinski definition) is 1. The average Bonchev–Trinajstić information content (AvgIpc) is 3.17. The summed E-state index contributed by atoms with van der Waals surface area (Å²) < 4.78 is 9.07. The number of aromatic nitrogens is 4. The minimum absolute atomic E-state index is 0.362. The van der Waals surface area contributed by atoms with Crippen LogP contribution in [0.3, 0.4) is 0 Å². The number of para-hydroxylation sites is 2. The fourth-order valence-corrected chi connectivity index (χ4v) is 4.44. The van der Waals surface area contributed by atoms with Crippen molar-refractivity contribution in [2.24, 2.45) is 0 Å². The minimum Gasteiger partial charge on any atom is -0.495 e. The van der Waals surface area contributed by atoms with Crippen LogP contribution in [0.1, 0.15) is 32.5 Å². The minimum atomic E-state index is -0.381. The van der Waals surface area contributed by atoms with Gasteiger partial charge in [0.05, 0.1) is 19.3 Å². The summed E-state index contributed by atoms with van der Waals surface area (Å²) in [6.45, 7) is 9.43. The fourth-order valence-electron chi connectivity index (χ4n) is 4.44. The quantitative estimate of drug-likeness (QED) is 0.577. The Morgan fingerprint density at radius 3 is 2.50 bits per heavy atom. The number of imidazole rings is 1. The average molecular weight is 441 g/mol. The zero-order chi connectivity index (χ0) is 22.7. The van der Waals surface area contributed by atoms with Crippen molar-refractivity contribution in [3.05, 3.63) is 50.9 Å². The summed E-state index contributed by atoms with van der Waals surface area (Å²) in [5.41, 5.74) is 1.36. The second kappa shape index (κ2) is 9.60. The number of anilines is 1.